The molecule has 1 aliphatic rings. The number of halogens is 3. The van der Waals surface area contributed by atoms with Crippen LogP contribution in [0, 0.1) is 0 Å². The molecule has 0 saturated heterocycles. The van der Waals surface area contributed by atoms with Crippen molar-refractivity contribution in [1.29, 1.82) is 0 Å². The number of amides is 1. The number of benzene rings is 3. The van der Waals surface area contributed by atoms with Crippen molar-refractivity contribution in [3.8, 4) is 0 Å². The number of aromatic nitrogens is 1. The van der Waals surface area contributed by atoms with Gasteiger partial charge in [0, 0.05) is 30.2 Å². The van der Waals surface area contributed by atoms with Crippen LogP contribution in [0.25, 0.3) is 10.9 Å². The molecule has 2 heterocycles. The first-order valence-corrected chi connectivity index (χ1v) is 15.6. The van der Waals surface area contributed by atoms with Gasteiger partial charge in [0.2, 0.25) is 0 Å². The summed E-state index contributed by atoms with van der Waals surface area (Å²) in [5.41, 5.74) is 2.54. The summed E-state index contributed by atoms with van der Waals surface area (Å²) < 4.78 is 74.1. The van der Waals surface area contributed by atoms with Crippen LogP contribution in [0.5, 0.6) is 0 Å². The van der Waals surface area contributed by atoms with Crippen LogP contribution >= 0.6 is 0 Å². The molecule has 3 aromatic carbocycles. The van der Waals surface area contributed by atoms with Gasteiger partial charge in [0.05, 0.1) is 22.8 Å². The van der Waals surface area contributed by atoms with Gasteiger partial charge < -0.3 is 19.9 Å². The van der Waals surface area contributed by atoms with E-state index in [9.17, 15) is 31.2 Å². The molecule has 13 heteroatoms. The molecule has 1 aliphatic heterocycles. The van der Waals surface area contributed by atoms with E-state index in [4.69, 9.17) is 4.74 Å². The molecule has 0 radical (unpaired) electrons. The Hall–Kier alpha value is -4.36. The summed E-state index contributed by atoms with van der Waals surface area (Å²) in [6.07, 6.45) is -2.70. The number of carbonyl (C=O) groups is 2. The molecular formula is C31H31F3N4O5S. The number of hydrogen-bond acceptors (Lipinski definition) is 6. The zero-order chi connectivity index (χ0) is 31.5. The van der Waals surface area contributed by atoms with Crippen molar-refractivity contribution in [3.05, 3.63) is 101 Å². The molecule has 0 unspecified atom stereocenters. The Bertz CT molecular complexity index is 1770. The van der Waals surface area contributed by atoms with Gasteiger partial charge in [0.25, 0.3) is 22.4 Å². The van der Waals surface area contributed by atoms with Crippen LogP contribution in [0.15, 0.2) is 72.9 Å². The molecule has 232 valence electrons. The highest BCUT2D eigenvalue weighted by molar-refractivity contribution is 7.91. The molecule has 44 heavy (non-hydrogen) atoms. The number of nitrogens with one attached hydrogen (secondary N) is 3. The summed E-state index contributed by atoms with van der Waals surface area (Å²) >= 11 is 0. The normalized spacial score (nSPS) is 15.3. The highest BCUT2D eigenvalue weighted by Crippen LogP contribution is 2.34. The smallest absolute Gasteiger partial charge is 0.416 e. The standard InChI is InChI=1S/C31H31F3N4O5S/c1-2-22-17-38-18-44(41,42)37-27-14-23(13-25(22)29(27)38)30(40)36-26(12-20-7-4-3-5-8-20)28(43-19-39)16-35-15-21-9-6-10-24(11-21)31(32,33)34/h3-11,13-14,17,19,26,28,35,37H,2,12,15-16,18H2,1H3,(H,36,40)/t26-,28+/m0/s1. The molecule has 3 N–H and O–H groups in total. The van der Waals surface area contributed by atoms with Gasteiger partial charge in [0.15, 0.2) is 0 Å². The number of alkyl halides is 3. The Labute approximate surface area is 252 Å². The molecular weight excluding hydrogens is 597 g/mol. The summed E-state index contributed by atoms with van der Waals surface area (Å²) in [6.45, 7) is 2.29. The van der Waals surface area contributed by atoms with E-state index in [0.29, 0.717) is 23.2 Å². The number of nitrogens with zero attached hydrogens (tertiary/aromatic N) is 1. The fourth-order valence-electron chi connectivity index (χ4n) is 5.45. The lowest BCUT2D eigenvalue weighted by Gasteiger charge is -2.27. The summed E-state index contributed by atoms with van der Waals surface area (Å²) in [7, 11) is -3.66. The zero-order valence-electron chi connectivity index (χ0n) is 23.7. The molecule has 0 bridgehead atoms. The third-order valence-corrected chi connectivity index (χ3v) is 8.64. The van der Waals surface area contributed by atoms with Gasteiger partial charge in [0.1, 0.15) is 12.0 Å². The largest absolute Gasteiger partial charge is 0.461 e. The van der Waals surface area contributed by atoms with Gasteiger partial charge in [-0.25, -0.2) is 8.42 Å². The van der Waals surface area contributed by atoms with Crippen molar-refractivity contribution in [3.63, 3.8) is 0 Å². The van der Waals surface area contributed by atoms with E-state index in [1.165, 1.54) is 12.1 Å². The number of carbonyl (C=O) groups excluding carboxylic acids is 2. The van der Waals surface area contributed by atoms with Gasteiger partial charge >= 0.3 is 6.18 Å². The van der Waals surface area contributed by atoms with Crippen LogP contribution in [0.1, 0.15) is 39.5 Å². The van der Waals surface area contributed by atoms with Crippen LogP contribution in [0.2, 0.25) is 0 Å². The fraction of sp³-hybridized carbons (Fsp3) is 0.290. The van der Waals surface area contributed by atoms with Crippen LogP contribution < -0.4 is 15.4 Å². The maximum atomic E-state index is 13.7. The molecule has 2 atom stereocenters. The number of hydrogen-bond donors (Lipinski definition) is 3. The van der Waals surface area contributed by atoms with Gasteiger partial charge in [-0.15, -0.1) is 0 Å². The lowest BCUT2D eigenvalue weighted by molar-refractivity contribution is -0.137. The minimum Gasteiger partial charge on any atom is -0.461 e. The quantitative estimate of drug-likeness (QED) is 0.197. The molecule has 1 amide bonds. The Balaban J connectivity index is 1.40. The van der Waals surface area contributed by atoms with Gasteiger partial charge in [-0.1, -0.05) is 55.5 Å². The van der Waals surface area contributed by atoms with Gasteiger partial charge in [-0.3, -0.25) is 14.3 Å². The Kier molecular flexibility index (Phi) is 8.97. The molecule has 1 aromatic heterocycles. The summed E-state index contributed by atoms with van der Waals surface area (Å²) in [4.78, 5) is 25.2. The van der Waals surface area contributed by atoms with E-state index in [-0.39, 0.29) is 37.4 Å². The van der Waals surface area contributed by atoms with E-state index in [1.54, 1.807) is 22.9 Å². The van der Waals surface area contributed by atoms with Crippen molar-refractivity contribution in [2.75, 3.05) is 11.3 Å². The zero-order valence-corrected chi connectivity index (χ0v) is 24.5. The topological polar surface area (TPSA) is 119 Å². The molecule has 0 fully saturated rings. The van der Waals surface area contributed by atoms with E-state index in [1.807, 2.05) is 37.3 Å². The molecule has 5 rings (SSSR count). The summed E-state index contributed by atoms with van der Waals surface area (Å²) in [5.74, 6) is -0.736. The first kappa shape index (κ1) is 31.1. The lowest BCUT2D eigenvalue weighted by Crippen LogP contribution is -2.50. The predicted octanol–water partition coefficient (Wildman–Crippen LogP) is 4.61. The third-order valence-electron chi connectivity index (χ3n) is 7.50. The van der Waals surface area contributed by atoms with Crippen LogP contribution in [-0.2, 0) is 51.0 Å². The molecule has 0 spiro atoms. The van der Waals surface area contributed by atoms with Crippen molar-refractivity contribution in [2.45, 2.75) is 50.5 Å². The Morgan fingerprint density at radius 2 is 1.84 bits per heavy atom. The molecule has 9 nitrogen and oxygen atoms in total. The van der Waals surface area contributed by atoms with Gasteiger partial charge in [-0.2, -0.15) is 13.2 Å². The monoisotopic (exact) mass is 628 g/mol. The van der Waals surface area contributed by atoms with Crippen LogP contribution in [0.3, 0.4) is 0 Å². The number of anilines is 1. The lowest BCUT2D eigenvalue weighted by atomic mass is 9.99. The minimum absolute atomic E-state index is 0.0275. The summed E-state index contributed by atoms with van der Waals surface area (Å²) in [6, 6.07) is 16.6. The molecule has 0 aliphatic carbocycles. The minimum atomic E-state index is -4.48. The molecule has 0 saturated carbocycles. The highest BCUT2D eigenvalue weighted by atomic mass is 32.2. The number of rotatable bonds is 12. The molecule has 4 aromatic rings. The second kappa shape index (κ2) is 12.7. The second-order valence-electron chi connectivity index (χ2n) is 10.6. The van der Waals surface area contributed by atoms with E-state index in [2.05, 4.69) is 15.4 Å². The summed E-state index contributed by atoms with van der Waals surface area (Å²) in [5, 5.41) is 6.74. The number of sulfonamides is 1. The van der Waals surface area contributed by atoms with E-state index < -0.39 is 39.8 Å². The predicted molar refractivity (Wildman–Crippen MR) is 159 cm³/mol. The van der Waals surface area contributed by atoms with Crippen molar-refractivity contribution in [2.24, 2.45) is 0 Å². The number of ether oxygens (including phenoxy) is 1. The Morgan fingerprint density at radius 3 is 2.55 bits per heavy atom. The average Bonchev–Trinajstić information content (AvgIpc) is 3.33. The maximum absolute atomic E-state index is 13.7. The Morgan fingerprint density at radius 1 is 1.09 bits per heavy atom. The highest BCUT2D eigenvalue weighted by Gasteiger charge is 2.31. The SMILES string of the molecule is CCc1cn2c3c(cc(C(=O)N[C@@H](Cc4ccccc4)[C@@H](CNCc4cccc(C(F)(F)F)c4)OC=O)cc13)NS(=O)(=O)C2. The maximum Gasteiger partial charge on any atom is 0.416 e. The van der Waals surface area contributed by atoms with Gasteiger partial charge in [-0.05, 0) is 47.7 Å². The first-order valence-electron chi connectivity index (χ1n) is 13.9. The van der Waals surface area contributed by atoms with Crippen molar-refractivity contribution in [1.82, 2.24) is 15.2 Å². The average molecular weight is 629 g/mol. The van der Waals surface area contributed by atoms with E-state index >= 15 is 0 Å². The second-order valence-corrected chi connectivity index (χ2v) is 12.3. The van der Waals surface area contributed by atoms with Crippen LogP contribution in [-0.4, -0.2) is 44.1 Å². The van der Waals surface area contributed by atoms with Crippen molar-refractivity contribution < 1.29 is 35.9 Å². The number of aryl methyl sites for hydroxylation is 1. The van der Waals surface area contributed by atoms with Crippen LogP contribution in [0.4, 0.5) is 18.9 Å². The first-order chi connectivity index (χ1) is 21.0. The van der Waals surface area contributed by atoms with E-state index in [0.717, 1.165) is 28.6 Å². The fourth-order valence-corrected chi connectivity index (χ4v) is 6.58. The van der Waals surface area contributed by atoms with Crippen molar-refractivity contribution >= 4 is 39.0 Å². The third kappa shape index (κ3) is 7.05.